The minimum atomic E-state index is -0.294. The summed E-state index contributed by atoms with van der Waals surface area (Å²) in [6.45, 7) is 3.84. The average Bonchev–Trinajstić information content (AvgIpc) is 3.36. The van der Waals surface area contributed by atoms with Gasteiger partial charge in [-0.2, -0.15) is 0 Å². The van der Waals surface area contributed by atoms with Crippen LogP contribution in [0.2, 0.25) is 0 Å². The number of halogens is 1. The molecule has 0 saturated heterocycles. The molecule has 120 valence electrons. The van der Waals surface area contributed by atoms with Gasteiger partial charge in [0.2, 0.25) is 0 Å². The number of benzene rings is 1. The van der Waals surface area contributed by atoms with Crippen LogP contribution in [0.15, 0.2) is 43.2 Å². The lowest BCUT2D eigenvalue weighted by atomic mass is 9.97. The molecule has 1 saturated carbocycles. The van der Waals surface area contributed by atoms with Gasteiger partial charge in [-0.1, -0.05) is 12.6 Å². The number of hydrogen-bond acceptors (Lipinski definition) is 3. The molecule has 0 atom stereocenters. The molecule has 0 unspecified atom stereocenters. The highest BCUT2D eigenvalue weighted by molar-refractivity contribution is 5.81. The number of rotatable bonds is 4. The summed E-state index contributed by atoms with van der Waals surface area (Å²) in [6, 6.07) is 8.84. The van der Waals surface area contributed by atoms with Crippen LogP contribution in [0.5, 0.6) is 0 Å². The van der Waals surface area contributed by atoms with Crippen LogP contribution >= 0.6 is 0 Å². The van der Waals surface area contributed by atoms with E-state index in [1.54, 1.807) is 23.0 Å². The summed E-state index contributed by atoms with van der Waals surface area (Å²) in [4.78, 5) is 4.64. The standard InChI is InChI=1S/C19H17FN4/c1-3-15-8-13(9-18(22-15)12-4-5-12)16-7-6-14(20)10-17(16)19-23-21-11-24(19)2/h3,6-12H,1,4-5H2,2H3. The van der Waals surface area contributed by atoms with Gasteiger partial charge in [0.1, 0.15) is 12.1 Å². The lowest BCUT2D eigenvalue weighted by molar-refractivity contribution is 0.628. The van der Waals surface area contributed by atoms with Gasteiger partial charge in [0, 0.05) is 24.2 Å². The van der Waals surface area contributed by atoms with E-state index in [0.29, 0.717) is 11.7 Å². The molecule has 2 heterocycles. The highest BCUT2D eigenvalue weighted by atomic mass is 19.1. The van der Waals surface area contributed by atoms with E-state index in [0.717, 1.165) is 28.1 Å². The number of aromatic nitrogens is 4. The summed E-state index contributed by atoms with van der Waals surface area (Å²) in [5.74, 6) is 0.869. The Hall–Kier alpha value is -2.82. The van der Waals surface area contributed by atoms with E-state index in [1.807, 2.05) is 13.1 Å². The predicted molar refractivity (Wildman–Crippen MR) is 91.7 cm³/mol. The summed E-state index contributed by atoms with van der Waals surface area (Å²) < 4.78 is 15.7. The van der Waals surface area contributed by atoms with Crippen LogP contribution in [0.4, 0.5) is 4.39 Å². The van der Waals surface area contributed by atoms with Crippen molar-refractivity contribution in [3.63, 3.8) is 0 Å². The molecule has 3 aromatic rings. The molecule has 0 aliphatic heterocycles. The van der Waals surface area contributed by atoms with Crippen LogP contribution in [0.25, 0.3) is 28.6 Å². The molecule has 1 fully saturated rings. The molecule has 0 radical (unpaired) electrons. The summed E-state index contributed by atoms with van der Waals surface area (Å²) >= 11 is 0. The lowest BCUT2D eigenvalue weighted by Crippen LogP contribution is -1.97. The first kappa shape index (κ1) is 14.8. The molecule has 4 nitrogen and oxygen atoms in total. The molecule has 0 N–H and O–H groups in total. The van der Waals surface area contributed by atoms with Crippen LogP contribution < -0.4 is 0 Å². The molecule has 1 aliphatic rings. The SMILES string of the molecule is C=Cc1cc(-c2ccc(F)cc2-c2nncn2C)cc(C2CC2)n1. The zero-order valence-electron chi connectivity index (χ0n) is 13.4. The van der Waals surface area contributed by atoms with Crippen LogP contribution in [0, 0.1) is 5.82 Å². The molecule has 2 aromatic heterocycles. The van der Waals surface area contributed by atoms with Gasteiger partial charge in [0.15, 0.2) is 5.82 Å². The maximum Gasteiger partial charge on any atom is 0.164 e. The third-order valence-corrected chi connectivity index (χ3v) is 4.31. The van der Waals surface area contributed by atoms with E-state index >= 15 is 0 Å². The molecular weight excluding hydrogens is 303 g/mol. The first-order valence-corrected chi connectivity index (χ1v) is 7.94. The number of aryl methyl sites for hydroxylation is 1. The van der Waals surface area contributed by atoms with E-state index in [2.05, 4.69) is 27.8 Å². The first-order chi connectivity index (χ1) is 11.7. The summed E-state index contributed by atoms with van der Waals surface area (Å²) in [5, 5.41) is 8.05. The van der Waals surface area contributed by atoms with Gasteiger partial charge in [-0.25, -0.2) is 4.39 Å². The van der Waals surface area contributed by atoms with Crippen molar-refractivity contribution in [3.8, 4) is 22.5 Å². The van der Waals surface area contributed by atoms with Crippen molar-refractivity contribution in [1.82, 2.24) is 19.7 Å². The van der Waals surface area contributed by atoms with Gasteiger partial charge in [-0.15, -0.1) is 10.2 Å². The number of pyridine rings is 1. The fourth-order valence-electron chi connectivity index (χ4n) is 2.90. The molecule has 1 aromatic carbocycles. The largest absolute Gasteiger partial charge is 0.317 e. The van der Waals surface area contributed by atoms with Crippen molar-refractivity contribution in [2.75, 3.05) is 0 Å². The smallest absolute Gasteiger partial charge is 0.164 e. The minimum absolute atomic E-state index is 0.294. The van der Waals surface area contributed by atoms with Crippen molar-refractivity contribution in [2.45, 2.75) is 18.8 Å². The van der Waals surface area contributed by atoms with Crippen LogP contribution in [-0.4, -0.2) is 19.7 Å². The molecule has 0 bridgehead atoms. The van der Waals surface area contributed by atoms with Gasteiger partial charge in [0.25, 0.3) is 0 Å². The normalized spacial score (nSPS) is 13.9. The van der Waals surface area contributed by atoms with Crippen LogP contribution in [-0.2, 0) is 7.05 Å². The van der Waals surface area contributed by atoms with Crippen molar-refractivity contribution in [1.29, 1.82) is 0 Å². The third kappa shape index (κ3) is 2.62. The summed E-state index contributed by atoms with van der Waals surface area (Å²) in [5.41, 5.74) is 4.55. The molecule has 5 heteroatoms. The average molecular weight is 320 g/mol. The fourth-order valence-corrected chi connectivity index (χ4v) is 2.90. The second kappa shape index (κ2) is 5.67. The monoisotopic (exact) mass is 320 g/mol. The van der Waals surface area contributed by atoms with Gasteiger partial charge in [0.05, 0.1) is 5.69 Å². The third-order valence-electron chi connectivity index (χ3n) is 4.31. The highest BCUT2D eigenvalue weighted by Crippen LogP contribution is 2.41. The van der Waals surface area contributed by atoms with Gasteiger partial charge in [-0.3, -0.25) is 4.98 Å². The fraction of sp³-hybridized carbons (Fsp3) is 0.211. The maximum absolute atomic E-state index is 13.9. The Kier molecular flexibility index (Phi) is 3.49. The Morgan fingerprint density at radius 3 is 2.71 bits per heavy atom. The van der Waals surface area contributed by atoms with E-state index in [1.165, 1.54) is 25.0 Å². The van der Waals surface area contributed by atoms with Crippen molar-refractivity contribution < 1.29 is 4.39 Å². The Balaban J connectivity index is 1.92. The molecule has 0 amide bonds. The Morgan fingerprint density at radius 2 is 2.04 bits per heavy atom. The number of hydrogen-bond donors (Lipinski definition) is 0. The van der Waals surface area contributed by atoms with Crippen LogP contribution in [0.3, 0.4) is 0 Å². The molecule has 0 spiro atoms. The van der Waals surface area contributed by atoms with E-state index in [9.17, 15) is 4.39 Å². The molecule has 4 rings (SSSR count). The zero-order chi connectivity index (χ0) is 16.7. The number of nitrogens with zero attached hydrogens (tertiary/aromatic N) is 4. The van der Waals surface area contributed by atoms with E-state index < -0.39 is 0 Å². The zero-order valence-corrected chi connectivity index (χ0v) is 13.4. The van der Waals surface area contributed by atoms with Crippen molar-refractivity contribution in [3.05, 3.63) is 60.4 Å². The topological polar surface area (TPSA) is 43.6 Å². The van der Waals surface area contributed by atoms with E-state index in [-0.39, 0.29) is 5.82 Å². The Morgan fingerprint density at radius 1 is 1.21 bits per heavy atom. The predicted octanol–water partition coefficient (Wildman–Crippen LogP) is 4.20. The quantitative estimate of drug-likeness (QED) is 0.723. The van der Waals surface area contributed by atoms with Gasteiger partial charge >= 0.3 is 0 Å². The Labute approximate surface area is 139 Å². The molecular formula is C19H17FN4. The first-order valence-electron chi connectivity index (χ1n) is 7.94. The summed E-state index contributed by atoms with van der Waals surface area (Å²) in [7, 11) is 1.85. The van der Waals surface area contributed by atoms with Gasteiger partial charge < -0.3 is 4.57 Å². The second-order valence-electron chi connectivity index (χ2n) is 6.14. The Bertz CT molecular complexity index is 925. The molecule has 1 aliphatic carbocycles. The maximum atomic E-state index is 13.9. The summed E-state index contributed by atoms with van der Waals surface area (Å²) in [6.07, 6.45) is 5.71. The van der Waals surface area contributed by atoms with Crippen molar-refractivity contribution >= 4 is 6.08 Å². The van der Waals surface area contributed by atoms with Gasteiger partial charge in [-0.05, 0) is 54.3 Å². The highest BCUT2D eigenvalue weighted by Gasteiger charge is 2.26. The van der Waals surface area contributed by atoms with Crippen LogP contribution in [0.1, 0.15) is 30.1 Å². The molecule has 24 heavy (non-hydrogen) atoms. The minimum Gasteiger partial charge on any atom is -0.317 e. The lowest BCUT2D eigenvalue weighted by Gasteiger charge is -2.12. The second-order valence-corrected chi connectivity index (χ2v) is 6.14. The van der Waals surface area contributed by atoms with E-state index in [4.69, 9.17) is 0 Å². The van der Waals surface area contributed by atoms with Crippen molar-refractivity contribution in [2.24, 2.45) is 7.05 Å².